The first-order valence-corrected chi connectivity index (χ1v) is 2.94. The van der Waals surface area contributed by atoms with Crippen LogP contribution in [0.3, 0.4) is 0 Å². The van der Waals surface area contributed by atoms with E-state index < -0.39 is 31.7 Å². The SMILES string of the molecule is O=[N+]([O-])c1cc([N+](=O)[O-])n(N(F)F)n1. The van der Waals surface area contributed by atoms with E-state index in [1.807, 2.05) is 0 Å². The summed E-state index contributed by atoms with van der Waals surface area (Å²) in [5, 5.41) is 22.9. The van der Waals surface area contributed by atoms with Gasteiger partial charge in [-0.2, -0.15) is 0 Å². The Labute approximate surface area is 73.3 Å². The highest BCUT2D eigenvalue weighted by molar-refractivity contribution is 5.31. The second-order valence-corrected chi connectivity index (χ2v) is 1.98. The maximum Gasteiger partial charge on any atom is 0.423 e. The van der Waals surface area contributed by atoms with Gasteiger partial charge in [0.1, 0.15) is 10.9 Å². The lowest BCUT2D eigenvalue weighted by Crippen LogP contribution is -2.19. The van der Waals surface area contributed by atoms with Crippen LogP contribution in [0.4, 0.5) is 20.6 Å². The van der Waals surface area contributed by atoms with E-state index in [-0.39, 0.29) is 0 Å². The topological polar surface area (TPSA) is 107 Å². The summed E-state index contributed by atoms with van der Waals surface area (Å²) in [5.74, 6) is -2.22. The fourth-order valence-corrected chi connectivity index (χ4v) is 0.677. The van der Waals surface area contributed by atoms with Crippen molar-refractivity contribution in [1.29, 1.82) is 0 Å². The van der Waals surface area contributed by atoms with Crippen LogP contribution >= 0.6 is 0 Å². The second-order valence-electron chi connectivity index (χ2n) is 1.98. The van der Waals surface area contributed by atoms with Gasteiger partial charge in [-0.15, -0.1) is 0 Å². The largest absolute Gasteiger partial charge is 0.423 e. The van der Waals surface area contributed by atoms with Crippen molar-refractivity contribution in [3.63, 3.8) is 0 Å². The van der Waals surface area contributed by atoms with Gasteiger partial charge >= 0.3 is 11.6 Å². The predicted octanol–water partition coefficient (Wildman–Crippen LogP) is 0.406. The highest BCUT2D eigenvalue weighted by Gasteiger charge is 2.33. The molecule has 76 valence electrons. The molecule has 1 aromatic heterocycles. The molecule has 0 aliphatic heterocycles. The molecule has 1 aromatic rings. The molecule has 0 radical (unpaired) electrons. The molecule has 14 heavy (non-hydrogen) atoms. The molecule has 11 heteroatoms. The predicted molar refractivity (Wildman–Crippen MR) is 36.0 cm³/mol. The number of halogens is 2. The average Bonchev–Trinajstić information content (AvgIpc) is 2.47. The molecule has 0 amide bonds. The van der Waals surface area contributed by atoms with Crippen LogP contribution in [-0.2, 0) is 0 Å². The normalized spacial score (nSPS) is 9.86. The Morgan fingerprint density at radius 3 is 2.21 bits per heavy atom. The first-order chi connectivity index (χ1) is 6.43. The molecule has 0 spiro atoms. The maximum atomic E-state index is 11.9. The van der Waals surface area contributed by atoms with Crippen molar-refractivity contribution in [2.45, 2.75) is 0 Å². The summed E-state index contributed by atoms with van der Waals surface area (Å²) in [6.45, 7) is 0. The van der Waals surface area contributed by atoms with Crippen LogP contribution in [-0.4, -0.2) is 19.7 Å². The number of hydrogen-bond donors (Lipinski definition) is 0. The molecular formula is C3HF2N5O4. The van der Waals surface area contributed by atoms with Gasteiger partial charge in [0.2, 0.25) is 0 Å². The minimum atomic E-state index is -1.73. The average molecular weight is 209 g/mol. The van der Waals surface area contributed by atoms with Crippen molar-refractivity contribution in [2.75, 3.05) is 5.45 Å². The highest BCUT2D eigenvalue weighted by atomic mass is 19.4. The molecule has 9 nitrogen and oxygen atoms in total. The van der Waals surface area contributed by atoms with Crippen LogP contribution in [0.5, 0.6) is 0 Å². The van der Waals surface area contributed by atoms with Crippen LogP contribution in [0.2, 0.25) is 0 Å². The lowest BCUT2D eigenvalue weighted by Gasteiger charge is -1.91. The van der Waals surface area contributed by atoms with E-state index in [2.05, 4.69) is 5.10 Å². The van der Waals surface area contributed by atoms with Crippen molar-refractivity contribution in [1.82, 2.24) is 9.89 Å². The van der Waals surface area contributed by atoms with Crippen molar-refractivity contribution in [3.05, 3.63) is 26.3 Å². The van der Waals surface area contributed by atoms with Crippen molar-refractivity contribution in [2.24, 2.45) is 0 Å². The quantitative estimate of drug-likeness (QED) is 0.405. The van der Waals surface area contributed by atoms with E-state index in [4.69, 9.17) is 0 Å². The lowest BCUT2D eigenvalue weighted by atomic mass is 10.6. The Hall–Kier alpha value is -2.33. The molecular weight excluding hydrogens is 208 g/mol. The zero-order valence-corrected chi connectivity index (χ0v) is 6.20. The monoisotopic (exact) mass is 209 g/mol. The molecule has 1 heterocycles. The van der Waals surface area contributed by atoms with Crippen molar-refractivity contribution >= 4 is 11.6 Å². The molecule has 0 bridgehead atoms. The second kappa shape index (κ2) is 3.20. The van der Waals surface area contributed by atoms with E-state index in [1.165, 1.54) is 0 Å². The third kappa shape index (κ3) is 1.55. The van der Waals surface area contributed by atoms with Crippen molar-refractivity contribution < 1.29 is 18.8 Å². The molecule has 0 atom stereocenters. The zero-order chi connectivity index (χ0) is 10.9. The Balaban J connectivity index is 3.26. The molecule has 0 aliphatic rings. The number of nitrogens with zero attached hydrogens (tertiary/aromatic N) is 5. The molecule has 0 unspecified atom stereocenters. The summed E-state index contributed by atoms with van der Waals surface area (Å²) in [7, 11) is 0. The summed E-state index contributed by atoms with van der Waals surface area (Å²) < 4.78 is 23.7. The van der Waals surface area contributed by atoms with E-state index in [9.17, 15) is 29.2 Å². The van der Waals surface area contributed by atoms with Crippen LogP contribution in [0.25, 0.3) is 0 Å². The first kappa shape index (κ1) is 9.76. The minimum Gasteiger partial charge on any atom is -0.358 e. The van der Waals surface area contributed by atoms with Gasteiger partial charge in [0.25, 0.3) is 0 Å². The fraction of sp³-hybridized carbons (Fsp3) is 0. The number of aromatic nitrogens is 2. The van der Waals surface area contributed by atoms with Gasteiger partial charge in [-0.05, 0) is 18.8 Å². The molecule has 0 aromatic carbocycles. The van der Waals surface area contributed by atoms with Crippen molar-refractivity contribution in [3.8, 4) is 0 Å². The van der Waals surface area contributed by atoms with Crippen LogP contribution in [0.1, 0.15) is 0 Å². The van der Waals surface area contributed by atoms with Crippen LogP contribution in [0, 0.1) is 20.2 Å². The van der Waals surface area contributed by atoms with Crippen LogP contribution < -0.4 is 5.45 Å². The standard InChI is InChI=1S/C3HF2N5O4/c4-10(5)7-3(9(13)14)1-2(6-7)8(11)12/h1H. The summed E-state index contributed by atoms with van der Waals surface area (Å²) in [6.07, 6.45) is 0. The molecule has 0 aliphatic carbocycles. The van der Waals surface area contributed by atoms with Gasteiger partial charge < -0.3 is 20.2 Å². The third-order valence-electron chi connectivity index (χ3n) is 1.18. The molecule has 0 saturated carbocycles. The van der Waals surface area contributed by atoms with Crippen LogP contribution in [0.15, 0.2) is 6.07 Å². The maximum absolute atomic E-state index is 11.9. The summed E-state index contributed by atoms with van der Waals surface area (Å²) >= 11 is 0. The number of nitro groups is 2. The number of rotatable bonds is 3. The smallest absolute Gasteiger partial charge is 0.358 e. The Morgan fingerprint density at radius 1 is 1.36 bits per heavy atom. The van der Waals surface area contributed by atoms with E-state index in [0.717, 1.165) is 0 Å². The third-order valence-corrected chi connectivity index (χ3v) is 1.18. The minimum absolute atomic E-state index is 0.326. The highest BCUT2D eigenvalue weighted by Crippen LogP contribution is 2.19. The van der Waals surface area contributed by atoms with E-state index >= 15 is 0 Å². The lowest BCUT2D eigenvalue weighted by molar-refractivity contribution is -0.395. The molecule has 0 N–H and O–H groups in total. The first-order valence-electron chi connectivity index (χ1n) is 2.94. The van der Waals surface area contributed by atoms with E-state index in [1.54, 1.807) is 0 Å². The Kier molecular flexibility index (Phi) is 2.23. The fourth-order valence-electron chi connectivity index (χ4n) is 0.677. The molecule has 0 fully saturated rings. The Bertz CT molecular complexity index is 388. The van der Waals surface area contributed by atoms with Gasteiger partial charge in [0.05, 0.1) is 0 Å². The van der Waals surface area contributed by atoms with Gasteiger partial charge in [0.15, 0.2) is 10.6 Å². The summed E-state index contributed by atoms with van der Waals surface area (Å²) in [6, 6.07) is 0.326. The Morgan fingerprint density at radius 2 is 1.93 bits per heavy atom. The summed E-state index contributed by atoms with van der Waals surface area (Å²) in [5.41, 5.74) is -1.73. The van der Waals surface area contributed by atoms with Gasteiger partial charge in [0, 0.05) is 0 Å². The molecule has 1 rings (SSSR count). The number of hydrogen-bond acceptors (Lipinski definition) is 6. The molecule has 0 saturated heterocycles. The van der Waals surface area contributed by atoms with Gasteiger partial charge in [-0.1, -0.05) is 0 Å². The van der Waals surface area contributed by atoms with E-state index in [0.29, 0.717) is 6.07 Å². The van der Waals surface area contributed by atoms with Gasteiger partial charge in [-0.3, -0.25) is 0 Å². The zero-order valence-electron chi connectivity index (χ0n) is 6.20. The summed E-state index contributed by atoms with van der Waals surface area (Å²) in [4.78, 5) is 17.4. The van der Waals surface area contributed by atoms with Gasteiger partial charge in [-0.25, -0.2) is 0 Å².